The Hall–Kier alpha value is -1.62. The lowest BCUT2D eigenvalue weighted by Gasteiger charge is -2.40. The van der Waals surface area contributed by atoms with E-state index < -0.39 is 11.0 Å². The predicted molar refractivity (Wildman–Crippen MR) is 164 cm³/mol. The molecule has 5 aliphatic rings. The highest BCUT2D eigenvalue weighted by Gasteiger charge is 2.58. The molecule has 0 radical (unpaired) electrons. The van der Waals surface area contributed by atoms with E-state index in [4.69, 9.17) is 9.47 Å². The molecule has 0 bridgehead atoms. The van der Waals surface area contributed by atoms with Crippen molar-refractivity contribution in [3.63, 3.8) is 0 Å². The quantitative estimate of drug-likeness (QED) is 0.234. The minimum Gasteiger partial charge on any atom is -0.454 e. The molecule has 4 saturated carbocycles. The van der Waals surface area contributed by atoms with Crippen LogP contribution < -0.4 is 0 Å². The van der Waals surface area contributed by atoms with Crippen LogP contribution in [0.15, 0.2) is 24.3 Å². The zero-order valence-electron chi connectivity index (χ0n) is 26.9. The number of hydrogen-bond donors (Lipinski definition) is 1. The highest BCUT2D eigenvalue weighted by Crippen LogP contribution is 2.57. The van der Waals surface area contributed by atoms with Crippen LogP contribution in [0.4, 0.5) is 0 Å². The molecule has 7 atom stereocenters. The molecule has 7 unspecified atom stereocenters. The normalized spacial score (nSPS) is 36.5. The summed E-state index contributed by atoms with van der Waals surface area (Å²) in [6.07, 6.45) is 19.9. The number of carbonyl (C=O) groups excluding carboxylic acids is 2. The molecular weight excluding hydrogens is 512 g/mol. The van der Waals surface area contributed by atoms with Crippen molar-refractivity contribution in [2.24, 2.45) is 34.5 Å². The average molecular weight is 571 g/mol. The molecule has 5 nitrogen and oxygen atoms in total. The third kappa shape index (κ3) is 6.22. The Bertz CT molecular complexity index is 994. The van der Waals surface area contributed by atoms with Crippen molar-refractivity contribution in [2.45, 2.75) is 155 Å². The molecule has 0 aromatic rings. The van der Waals surface area contributed by atoms with Crippen LogP contribution in [-0.2, 0) is 19.1 Å². The Kier molecular flexibility index (Phi) is 9.88. The van der Waals surface area contributed by atoms with Gasteiger partial charge in [0.2, 0.25) is 0 Å². The molecule has 0 aromatic carbocycles. The van der Waals surface area contributed by atoms with Gasteiger partial charge in [-0.2, -0.15) is 0 Å². The van der Waals surface area contributed by atoms with E-state index in [0.717, 1.165) is 63.7 Å². The molecule has 5 rings (SSSR count). The Morgan fingerprint density at radius 1 is 0.902 bits per heavy atom. The maximum absolute atomic E-state index is 12.9. The number of aliphatic hydroxyl groups is 1. The van der Waals surface area contributed by atoms with Gasteiger partial charge in [0.1, 0.15) is 11.2 Å². The highest BCUT2D eigenvalue weighted by molar-refractivity contribution is 5.77. The van der Waals surface area contributed by atoms with Gasteiger partial charge in [0.25, 0.3) is 0 Å². The molecule has 5 aliphatic carbocycles. The first-order chi connectivity index (χ1) is 19.4. The summed E-state index contributed by atoms with van der Waals surface area (Å²) >= 11 is 0. The Morgan fingerprint density at radius 3 is 2.20 bits per heavy atom. The maximum atomic E-state index is 12.9. The van der Waals surface area contributed by atoms with Crippen molar-refractivity contribution in [1.82, 2.24) is 0 Å². The number of hydrogen-bond acceptors (Lipinski definition) is 5. The summed E-state index contributed by atoms with van der Waals surface area (Å²) in [6.45, 7) is 15.9. The number of rotatable bonds is 8. The smallest absolute Gasteiger partial charge is 0.312 e. The van der Waals surface area contributed by atoms with Crippen LogP contribution in [0.3, 0.4) is 0 Å². The summed E-state index contributed by atoms with van der Waals surface area (Å²) < 4.78 is 12.3. The van der Waals surface area contributed by atoms with Crippen molar-refractivity contribution in [1.29, 1.82) is 0 Å². The number of ether oxygens (including phenoxy) is 2. The fourth-order valence-corrected chi connectivity index (χ4v) is 8.35. The van der Waals surface area contributed by atoms with E-state index in [9.17, 15) is 14.7 Å². The SMILES string of the molecule is C=CC1(OC(=O)C(C)(C)CC)CCC2CCCC21.CCC(C)(C)C(=O)OC1(C2=CCCCC2)CCC2C(O)CCC21. The Balaban J connectivity index is 0.000000195. The third-order valence-corrected chi connectivity index (χ3v) is 12.0. The van der Waals surface area contributed by atoms with Gasteiger partial charge in [0.15, 0.2) is 0 Å². The van der Waals surface area contributed by atoms with E-state index >= 15 is 0 Å². The summed E-state index contributed by atoms with van der Waals surface area (Å²) in [6, 6.07) is 0. The number of fused-ring (bicyclic) bond motifs is 2. The summed E-state index contributed by atoms with van der Waals surface area (Å²) in [5, 5.41) is 10.3. The fraction of sp³-hybridized carbons (Fsp3) is 0.833. The number of esters is 2. The molecular formula is C36H58O5. The van der Waals surface area contributed by atoms with Crippen LogP contribution in [0, 0.1) is 34.5 Å². The van der Waals surface area contributed by atoms with E-state index in [0.29, 0.717) is 17.8 Å². The molecule has 41 heavy (non-hydrogen) atoms. The van der Waals surface area contributed by atoms with E-state index in [1.807, 2.05) is 47.6 Å². The minimum absolute atomic E-state index is 0.0579. The first-order valence-corrected chi connectivity index (χ1v) is 16.8. The van der Waals surface area contributed by atoms with Crippen LogP contribution in [0.5, 0.6) is 0 Å². The van der Waals surface area contributed by atoms with E-state index in [1.54, 1.807) is 0 Å². The molecule has 0 heterocycles. The summed E-state index contributed by atoms with van der Waals surface area (Å²) in [5.74, 6) is 1.78. The molecule has 0 saturated heterocycles. The summed E-state index contributed by atoms with van der Waals surface area (Å²) in [4.78, 5) is 25.2. The topological polar surface area (TPSA) is 72.8 Å². The van der Waals surface area contributed by atoms with Crippen molar-refractivity contribution in [3.05, 3.63) is 24.3 Å². The zero-order chi connectivity index (χ0) is 30.1. The predicted octanol–water partition coefficient (Wildman–Crippen LogP) is 8.49. The third-order valence-electron chi connectivity index (χ3n) is 12.0. The van der Waals surface area contributed by atoms with Gasteiger partial charge >= 0.3 is 11.9 Å². The maximum Gasteiger partial charge on any atom is 0.312 e. The van der Waals surface area contributed by atoms with Gasteiger partial charge in [0.05, 0.1) is 16.9 Å². The second-order valence-corrected chi connectivity index (χ2v) is 15.1. The van der Waals surface area contributed by atoms with Crippen molar-refractivity contribution in [2.75, 3.05) is 0 Å². The highest BCUT2D eigenvalue weighted by atomic mass is 16.6. The van der Waals surface area contributed by atoms with Gasteiger partial charge < -0.3 is 14.6 Å². The average Bonchev–Trinajstić information content (AvgIpc) is 3.74. The lowest BCUT2D eigenvalue weighted by atomic mass is 9.76. The number of carbonyl (C=O) groups is 2. The van der Waals surface area contributed by atoms with Crippen LogP contribution in [-0.4, -0.2) is 34.4 Å². The molecule has 1 N–H and O–H groups in total. The molecule has 0 aliphatic heterocycles. The molecule has 0 amide bonds. The lowest BCUT2D eigenvalue weighted by molar-refractivity contribution is -0.171. The fourth-order valence-electron chi connectivity index (χ4n) is 8.35. The molecule has 232 valence electrons. The first kappa shape index (κ1) is 32.3. The van der Waals surface area contributed by atoms with Gasteiger partial charge in [-0.05, 0) is 135 Å². The largest absolute Gasteiger partial charge is 0.454 e. The van der Waals surface area contributed by atoms with Crippen LogP contribution in [0.1, 0.15) is 138 Å². The van der Waals surface area contributed by atoms with E-state index in [1.165, 1.54) is 44.1 Å². The summed E-state index contributed by atoms with van der Waals surface area (Å²) in [7, 11) is 0. The number of allylic oxidation sites excluding steroid dienone is 1. The molecule has 5 heteroatoms. The molecule has 0 aromatic heterocycles. The first-order valence-electron chi connectivity index (χ1n) is 16.8. The monoisotopic (exact) mass is 570 g/mol. The van der Waals surface area contributed by atoms with E-state index in [2.05, 4.69) is 12.7 Å². The van der Waals surface area contributed by atoms with Crippen LogP contribution in [0.25, 0.3) is 0 Å². The standard InChI is InChI=1S/C20H32O3.C16H26O2/c1-4-19(2,3)18(22)23-20(14-8-6-5-7-9-14)13-12-15-16(20)10-11-17(15)21;1-5-15(3,4)14(17)18-16(6-2)11-10-12-8-7-9-13(12)16/h8,15-17,21H,4-7,9-13H2,1-3H3;6,12-13H,2,5,7-11H2,1,3-4H3. The van der Waals surface area contributed by atoms with Gasteiger partial charge in [-0.25, -0.2) is 0 Å². The van der Waals surface area contributed by atoms with Gasteiger partial charge in [-0.15, -0.1) is 0 Å². The lowest BCUT2D eigenvalue weighted by Crippen LogP contribution is -2.45. The second-order valence-electron chi connectivity index (χ2n) is 15.1. The summed E-state index contributed by atoms with van der Waals surface area (Å²) in [5.41, 5.74) is -0.258. The van der Waals surface area contributed by atoms with Gasteiger partial charge in [-0.1, -0.05) is 39.3 Å². The molecule has 0 spiro atoms. The minimum atomic E-state index is -0.433. The van der Waals surface area contributed by atoms with Crippen molar-refractivity contribution >= 4 is 11.9 Å². The van der Waals surface area contributed by atoms with Crippen LogP contribution in [0.2, 0.25) is 0 Å². The van der Waals surface area contributed by atoms with Crippen molar-refractivity contribution < 1.29 is 24.2 Å². The number of aliphatic hydroxyl groups excluding tert-OH is 1. The molecule has 4 fully saturated rings. The Labute approximate surface area is 249 Å². The van der Waals surface area contributed by atoms with Crippen LogP contribution >= 0.6 is 0 Å². The van der Waals surface area contributed by atoms with Gasteiger partial charge in [0, 0.05) is 11.8 Å². The zero-order valence-corrected chi connectivity index (χ0v) is 26.9. The Morgan fingerprint density at radius 2 is 1.59 bits per heavy atom. The van der Waals surface area contributed by atoms with Gasteiger partial charge in [-0.3, -0.25) is 9.59 Å². The van der Waals surface area contributed by atoms with E-state index in [-0.39, 0.29) is 29.1 Å². The van der Waals surface area contributed by atoms with Crippen molar-refractivity contribution in [3.8, 4) is 0 Å². The second kappa shape index (κ2) is 12.5.